The number of rotatable bonds is 6. The summed E-state index contributed by atoms with van der Waals surface area (Å²) in [6, 6.07) is 26.0. The van der Waals surface area contributed by atoms with Crippen LogP contribution in [-0.2, 0) is 20.1 Å². The molecule has 0 spiro atoms. The second-order valence-electron chi connectivity index (χ2n) is 8.11. The van der Waals surface area contributed by atoms with Crippen molar-refractivity contribution in [1.29, 1.82) is 0 Å². The molecule has 0 bridgehead atoms. The Hall–Kier alpha value is -2.81. The molecule has 0 saturated carbocycles. The van der Waals surface area contributed by atoms with Crippen LogP contribution in [0.1, 0.15) is 40.0 Å². The van der Waals surface area contributed by atoms with Gasteiger partial charge in [0.05, 0.1) is 13.0 Å². The van der Waals surface area contributed by atoms with E-state index in [2.05, 4.69) is 60.4 Å². The van der Waals surface area contributed by atoms with Crippen molar-refractivity contribution >= 4 is 27.3 Å². The first-order valence-electron chi connectivity index (χ1n) is 11.2. The van der Waals surface area contributed by atoms with Crippen LogP contribution in [0.2, 0.25) is 0 Å². The molecule has 0 aliphatic heterocycles. The van der Waals surface area contributed by atoms with Crippen LogP contribution in [0.4, 0.5) is 0 Å². The van der Waals surface area contributed by atoms with E-state index in [1.165, 1.54) is 27.6 Å². The first kappa shape index (κ1) is 26.4. The Bertz CT molecular complexity index is 1220. The van der Waals surface area contributed by atoms with Gasteiger partial charge in [-0.05, 0) is 28.3 Å². The van der Waals surface area contributed by atoms with E-state index < -0.39 is 0 Å². The molecule has 4 heteroatoms. The number of benzene rings is 3. The largest absolute Gasteiger partial charge is 0.512 e. The Morgan fingerprint density at radius 1 is 1.06 bits per heavy atom. The molecule has 33 heavy (non-hydrogen) atoms. The third kappa shape index (κ3) is 7.35. The van der Waals surface area contributed by atoms with Crippen molar-refractivity contribution < 1.29 is 30.0 Å². The van der Waals surface area contributed by atoms with Crippen molar-refractivity contribution in [2.24, 2.45) is 5.92 Å². The number of aliphatic hydroxyl groups is 1. The predicted molar refractivity (Wildman–Crippen MR) is 136 cm³/mol. The third-order valence-corrected chi connectivity index (χ3v) is 5.47. The average molecular weight is 618 g/mol. The summed E-state index contributed by atoms with van der Waals surface area (Å²) in [5.74, 6) is 0.603. The summed E-state index contributed by atoms with van der Waals surface area (Å²) in [6.45, 7) is 5.64. The van der Waals surface area contributed by atoms with Gasteiger partial charge in [0, 0.05) is 37.6 Å². The summed E-state index contributed by atoms with van der Waals surface area (Å²) in [4.78, 5) is 13.5. The number of hydrogen-bond acceptors (Lipinski definition) is 2. The molecule has 1 unspecified atom stereocenters. The van der Waals surface area contributed by atoms with Gasteiger partial charge in [0.25, 0.3) is 0 Å². The molecule has 0 aliphatic rings. The first-order valence-corrected chi connectivity index (χ1v) is 11.2. The number of unbranched alkanes of at least 4 members (excludes halogenated alkanes) is 1. The second-order valence-corrected chi connectivity index (χ2v) is 8.11. The summed E-state index contributed by atoms with van der Waals surface area (Å²) in [5.41, 5.74) is 2.00. The molecule has 173 valence electrons. The van der Waals surface area contributed by atoms with Crippen LogP contribution in [-0.4, -0.2) is 20.7 Å². The summed E-state index contributed by atoms with van der Waals surface area (Å²) >= 11 is 0. The normalized spacial score (nSPS) is 11.9. The van der Waals surface area contributed by atoms with E-state index >= 15 is 0 Å². The molecule has 0 aliphatic carbocycles. The SMILES string of the molecule is CCCCC(C)/C(O)=C/C(C)=[OH+].[Ir].[c-]1ccccc1-c1cc2ccc3ccccc3c2cn1. The zero-order valence-corrected chi connectivity index (χ0v) is 21.8. The standard InChI is InChI=1S/C19H12N.C10H18O2.Ir/c1-2-7-15(8-3-1)19-12-16-11-10-14-6-4-5-9-17(14)18(16)13-20-19;1-4-5-6-8(2)10(12)7-9(3)11;/h1-7,9-13H;7-8,12H,4-6H2,1-3H3;/q-1;;/p+1/b;10-7-;. The van der Waals surface area contributed by atoms with E-state index in [9.17, 15) is 5.11 Å². The van der Waals surface area contributed by atoms with E-state index in [1.807, 2.05) is 37.4 Å². The van der Waals surface area contributed by atoms with Crippen LogP contribution in [0.15, 0.2) is 84.8 Å². The maximum atomic E-state index is 9.40. The Morgan fingerprint density at radius 2 is 1.79 bits per heavy atom. The Kier molecular flexibility index (Phi) is 10.4. The summed E-state index contributed by atoms with van der Waals surface area (Å²) in [7, 11) is 0. The van der Waals surface area contributed by atoms with Gasteiger partial charge in [-0.2, -0.15) is 0 Å². The molecule has 4 rings (SSSR count). The monoisotopic (exact) mass is 618 g/mol. The van der Waals surface area contributed by atoms with E-state index in [0.717, 1.165) is 30.5 Å². The maximum absolute atomic E-state index is 9.40. The minimum absolute atomic E-state index is 0. The molecular formula is C29H31IrNO2. The second kappa shape index (κ2) is 13.0. The molecule has 0 amide bonds. The van der Waals surface area contributed by atoms with Gasteiger partial charge in [-0.15, -0.1) is 35.9 Å². The van der Waals surface area contributed by atoms with E-state index in [4.69, 9.17) is 4.79 Å². The van der Waals surface area contributed by atoms with Crippen molar-refractivity contribution in [2.45, 2.75) is 40.0 Å². The van der Waals surface area contributed by atoms with E-state index in [0.29, 0.717) is 0 Å². The maximum Gasteiger partial charge on any atom is 0.316 e. The van der Waals surface area contributed by atoms with Crippen molar-refractivity contribution in [1.82, 2.24) is 4.98 Å². The van der Waals surface area contributed by atoms with Crippen molar-refractivity contribution in [3.63, 3.8) is 0 Å². The fourth-order valence-corrected chi connectivity index (χ4v) is 3.62. The van der Waals surface area contributed by atoms with Crippen LogP contribution in [0.5, 0.6) is 0 Å². The van der Waals surface area contributed by atoms with Crippen molar-refractivity contribution in [2.75, 3.05) is 0 Å². The first-order chi connectivity index (χ1) is 15.5. The van der Waals surface area contributed by atoms with Crippen molar-refractivity contribution in [3.8, 4) is 11.3 Å². The number of aliphatic hydroxyl groups excluding tert-OH is 1. The van der Waals surface area contributed by atoms with Gasteiger partial charge < -0.3 is 10.1 Å². The molecule has 1 heterocycles. The number of fused-ring (bicyclic) bond motifs is 3. The van der Waals surface area contributed by atoms with Gasteiger partial charge in [-0.3, -0.25) is 4.79 Å². The van der Waals surface area contributed by atoms with Gasteiger partial charge in [-0.1, -0.05) is 69.2 Å². The summed E-state index contributed by atoms with van der Waals surface area (Å²) < 4.78 is 0. The van der Waals surface area contributed by atoms with Gasteiger partial charge >= 0.3 is 5.78 Å². The zero-order valence-electron chi connectivity index (χ0n) is 19.4. The summed E-state index contributed by atoms with van der Waals surface area (Å²) in [6.07, 6.45) is 6.61. The molecule has 3 aromatic carbocycles. The quantitative estimate of drug-likeness (QED) is 0.0794. The fraction of sp³-hybridized carbons (Fsp3) is 0.241. The minimum atomic E-state index is 0. The molecule has 1 atom stereocenters. The summed E-state index contributed by atoms with van der Waals surface area (Å²) in [5, 5.41) is 14.3. The zero-order chi connectivity index (χ0) is 22.9. The number of carbonyl (C=O) groups excluding carboxylic acids is 1. The fourth-order valence-electron chi connectivity index (χ4n) is 3.62. The number of allylic oxidation sites excluding steroid dienone is 2. The van der Waals surface area contributed by atoms with Crippen LogP contribution < -0.4 is 0 Å². The van der Waals surface area contributed by atoms with Crippen molar-refractivity contribution in [3.05, 3.63) is 90.8 Å². The van der Waals surface area contributed by atoms with Gasteiger partial charge in [0.15, 0.2) is 0 Å². The van der Waals surface area contributed by atoms with Crippen LogP contribution in [0.3, 0.4) is 0 Å². The Morgan fingerprint density at radius 3 is 2.48 bits per heavy atom. The number of aromatic nitrogens is 1. The molecule has 0 saturated heterocycles. The molecule has 4 aromatic rings. The number of ketones is 1. The van der Waals surface area contributed by atoms with Crippen LogP contribution >= 0.6 is 0 Å². The molecule has 1 aromatic heterocycles. The van der Waals surface area contributed by atoms with E-state index in [1.54, 1.807) is 6.92 Å². The van der Waals surface area contributed by atoms with Gasteiger partial charge in [-0.25, -0.2) is 0 Å². The third-order valence-electron chi connectivity index (χ3n) is 5.47. The Labute approximate surface area is 209 Å². The molecular weight excluding hydrogens is 587 g/mol. The number of hydrogen-bond donors (Lipinski definition) is 1. The Balaban J connectivity index is 0.000000260. The van der Waals surface area contributed by atoms with Gasteiger partial charge in [0.2, 0.25) is 0 Å². The predicted octanol–water partition coefficient (Wildman–Crippen LogP) is 7.67. The average Bonchev–Trinajstić information content (AvgIpc) is 2.82. The molecule has 1 radical (unpaired) electrons. The van der Waals surface area contributed by atoms with Gasteiger partial charge in [0.1, 0.15) is 5.76 Å². The topological polar surface area (TPSA) is 54.5 Å². The molecule has 2 N–H and O–H groups in total. The van der Waals surface area contributed by atoms with Crippen LogP contribution in [0, 0.1) is 12.0 Å². The van der Waals surface area contributed by atoms with E-state index in [-0.39, 0.29) is 37.6 Å². The minimum Gasteiger partial charge on any atom is -0.512 e. The molecule has 3 nitrogen and oxygen atoms in total. The number of pyridine rings is 1. The number of nitrogens with zero attached hydrogens (tertiary/aromatic N) is 1. The molecule has 0 fully saturated rings. The smallest absolute Gasteiger partial charge is 0.316 e. The van der Waals surface area contributed by atoms with Crippen LogP contribution in [0.25, 0.3) is 32.8 Å².